The molecule has 0 aromatic heterocycles. The molecular weight excluding hydrogens is 328 g/mol. The quantitative estimate of drug-likeness (QED) is 0.762. The van der Waals surface area contributed by atoms with Gasteiger partial charge in [0.25, 0.3) is 0 Å². The van der Waals surface area contributed by atoms with Crippen LogP contribution in [0.1, 0.15) is 12.8 Å². The molecule has 1 saturated heterocycles. The lowest BCUT2D eigenvalue weighted by molar-refractivity contribution is -0.0771. The number of hydrogen-bond donors (Lipinski definition) is 0. The van der Waals surface area contributed by atoms with Crippen LogP contribution < -0.4 is 9.47 Å². The highest BCUT2D eigenvalue weighted by Crippen LogP contribution is 2.38. The predicted molar refractivity (Wildman–Crippen MR) is 90.8 cm³/mol. The summed E-state index contributed by atoms with van der Waals surface area (Å²) in [4.78, 5) is 0. The fraction of sp³-hybridized carbons (Fsp3) is 0.368. The Morgan fingerprint density at radius 2 is 1.88 bits per heavy atom. The minimum atomic E-state index is -0.0456. The summed E-state index contributed by atoms with van der Waals surface area (Å²) in [6.45, 7) is 1.01. The van der Waals surface area contributed by atoms with E-state index in [0.717, 1.165) is 5.75 Å². The predicted octanol–water partition coefficient (Wildman–Crippen LogP) is 4.66. The fourth-order valence-electron chi connectivity index (χ4n) is 2.64. The second-order valence-corrected chi connectivity index (χ2v) is 6.52. The van der Waals surface area contributed by atoms with E-state index >= 15 is 0 Å². The number of benzene rings is 2. The van der Waals surface area contributed by atoms with Crippen molar-refractivity contribution in [3.8, 4) is 17.2 Å². The summed E-state index contributed by atoms with van der Waals surface area (Å²) >= 11 is 6.29. The Kier molecular flexibility index (Phi) is 4.60. The van der Waals surface area contributed by atoms with Crippen molar-refractivity contribution in [2.45, 2.75) is 25.2 Å². The Balaban J connectivity index is 1.32. The number of halogens is 1. The molecule has 0 radical (unpaired) electrons. The Morgan fingerprint density at radius 3 is 2.62 bits per heavy atom. The summed E-state index contributed by atoms with van der Waals surface area (Å²) < 4.78 is 23.0. The molecular formula is C19H19ClO4. The van der Waals surface area contributed by atoms with Crippen molar-refractivity contribution in [3.63, 3.8) is 0 Å². The number of hydrogen-bond acceptors (Lipinski definition) is 4. The molecule has 2 aromatic carbocycles. The van der Waals surface area contributed by atoms with Crippen molar-refractivity contribution in [1.29, 1.82) is 0 Å². The summed E-state index contributed by atoms with van der Waals surface area (Å²) in [5, 5.41) is 0.515. The largest absolute Gasteiger partial charge is 0.489 e. The topological polar surface area (TPSA) is 36.9 Å². The van der Waals surface area contributed by atoms with Crippen molar-refractivity contribution in [2.75, 3.05) is 13.2 Å². The van der Waals surface area contributed by atoms with Crippen LogP contribution in [-0.2, 0) is 9.47 Å². The van der Waals surface area contributed by atoms with Gasteiger partial charge in [-0.3, -0.25) is 0 Å². The van der Waals surface area contributed by atoms with Crippen LogP contribution in [0.15, 0.2) is 48.5 Å². The molecule has 1 heterocycles. The summed E-state index contributed by atoms with van der Waals surface area (Å²) in [5.41, 5.74) is 0. The molecule has 0 amide bonds. The van der Waals surface area contributed by atoms with Gasteiger partial charge in [-0.15, -0.1) is 0 Å². The number of para-hydroxylation sites is 1. The van der Waals surface area contributed by atoms with Gasteiger partial charge < -0.3 is 18.9 Å². The van der Waals surface area contributed by atoms with Gasteiger partial charge in [0.15, 0.2) is 6.29 Å². The first-order valence-corrected chi connectivity index (χ1v) is 8.58. The molecule has 5 heteroatoms. The highest BCUT2D eigenvalue weighted by Gasteiger charge is 2.39. The summed E-state index contributed by atoms with van der Waals surface area (Å²) in [6, 6.07) is 15.0. The third kappa shape index (κ3) is 3.83. The molecule has 1 aliphatic heterocycles. The fourth-order valence-corrected chi connectivity index (χ4v) is 2.87. The van der Waals surface area contributed by atoms with Gasteiger partial charge in [-0.1, -0.05) is 29.8 Å². The zero-order valence-corrected chi connectivity index (χ0v) is 13.9. The van der Waals surface area contributed by atoms with E-state index < -0.39 is 0 Å². The minimum absolute atomic E-state index is 0.0353. The van der Waals surface area contributed by atoms with Crippen LogP contribution in [0, 0.1) is 5.92 Å². The average Bonchev–Trinajstić information content (AvgIpc) is 3.34. The highest BCUT2D eigenvalue weighted by molar-refractivity contribution is 6.32. The maximum atomic E-state index is 6.29. The molecule has 0 spiro atoms. The van der Waals surface area contributed by atoms with Crippen LogP contribution in [0.25, 0.3) is 0 Å². The molecule has 2 fully saturated rings. The average molecular weight is 347 g/mol. The molecule has 2 atom stereocenters. The smallest absolute Gasteiger partial charge is 0.161 e. The molecule has 0 bridgehead atoms. The van der Waals surface area contributed by atoms with E-state index in [1.807, 2.05) is 42.5 Å². The van der Waals surface area contributed by atoms with Crippen molar-refractivity contribution in [2.24, 2.45) is 5.92 Å². The molecule has 2 unspecified atom stereocenters. The Morgan fingerprint density at radius 1 is 1.04 bits per heavy atom. The van der Waals surface area contributed by atoms with E-state index in [1.54, 1.807) is 6.07 Å². The summed E-state index contributed by atoms with van der Waals surface area (Å²) in [5.74, 6) is 2.64. The molecule has 126 valence electrons. The van der Waals surface area contributed by atoms with Gasteiger partial charge in [0.2, 0.25) is 0 Å². The van der Waals surface area contributed by atoms with Crippen LogP contribution in [0.3, 0.4) is 0 Å². The maximum absolute atomic E-state index is 6.29. The second-order valence-electron chi connectivity index (χ2n) is 6.12. The number of ether oxygens (including phenoxy) is 4. The van der Waals surface area contributed by atoms with E-state index in [0.29, 0.717) is 35.7 Å². The van der Waals surface area contributed by atoms with Crippen LogP contribution in [0.4, 0.5) is 0 Å². The molecule has 1 aliphatic carbocycles. The van der Waals surface area contributed by atoms with E-state index in [2.05, 4.69) is 0 Å². The van der Waals surface area contributed by atoms with Crippen molar-refractivity contribution >= 4 is 11.6 Å². The van der Waals surface area contributed by atoms with Crippen molar-refractivity contribution < 1.29 is 18.9 Å². The molecule has 24 heavy (non-hydrogen) atoms. The van der Waals surface area contributed by atoms with Gasteiger partial charge in [-0.2, -0.15) is 0 Å². The molecule has 1 saturated carbocycles. The second kappa shape index (κ2) is 7.01. The Labute approximate surface area is 146 Å². The van der Waals surface area contributed by atoms with Gasteiger partial charge in [0.1, 0.15) is 30.0 Å². The zero-order chi connectivity index (χ0) is 16.4. The Bertz CT molecular complexity index is 687. The van der Waals surface area contributed by atoms with Crippen LogP contribution in [0.5, 0.6) is 17.2 Å². The van der Waals surface area contributed by atoms with Gasteiger partial charge in [-0.05, 0) is 37.1 Å². The lowest BCUT2D eigenvalue weighted by Gasteiger charge is -2.14. The monoisotopic (exact) mass is 346 g/mol. The minimum Gasteiger partial charge on any atom is -0.489 e. The van der Waals surface area contributed by atoms with Gasteiger partial charge >= 0.3 is 0 Å². The summed E-state index contributed by atoms with van der Waals surface area (Å²) in [6.07, 6.45) is 2.32. The van der Waals surface area contributed by atoms with Crippen LogP contribution in [-0.4, -0.2) is 25.6 Å². The third-order valence-electron chi connectivity index (χ3n) is 4.09. The van der Waals surface area contributed by atoms with E-state index in [-0.39, 0.29) is 12.4 Å². The molecule has 4 nitrogen and oxygen atoms in total. The van der Waals surface area contributed by atoms with E-state index in [1.165, 1.54) is 12.8 Å². The SMILES string of the molecule is Clc1cc(Oc2ccccc2)ccc1OCC1COC(C2CC2)O1. The standard InChI is InChI=1S/C19H19ClO4/c20-17-10-15(23-14-4-2-1-3-5-14)8-9-18(17)21-11-16-12-22-19(24-16)13-6-7-13/h1-5,8-10,13,16,19H,6-7,11-12H2. The van der Waals surface area contributed by atoms with Crippen molar-refractivity contribution in [3.05, 3.63) is 53.6 Å². The first-order valence-electron chi connectivity index (χ1n) is 8.20. The third-order valence-corrected chi connectivity index (χ3v) is 4.38. The Hall–Kier alpha value is -1.75. The maximum Gasteiger partial charge on any atom is 0.161 e. The summed E-state index contributed by atoms with van der Waals surface area (Å²) in [7, 11) is 0. The van der Waals surface area contributed by atoms with Crippen LogP contribution >= 0.6 is 11.6 Å². The highest BCUT2D eigenvalue weighted by atomic mass is 35.5. The van der Waals surface area contributed by atoms with Crippen LogP contribution in [0.2, 0.25) is 5.02 Å². The number of rotatable bonds is 6. The lowest BCUT2D eigenvalue weighted by atomic mass is 10.3. The van der Waals surface area contributed by atoms with E-state index in [9.17, 15) is 0 Å². The normalized spacial score (nSPS) is 23.2. The zero-order valence-electron chi connectivity index (χ0n) is 13.2. The molecule has 2 aliphatic rings. The first-order chi connectivity index (χ1) is 11.8. The molecule has 0 N–H and O–H groups in total. The molecule has 4 rings (SSSR count). The van der Waals surface area contributed by atoms with Gasteiger partial charge in [0.05, 0.1) is 11.6 Å². The van der Waals surface area contributed by atoms with Gasteiger partial charge in [-0.25, -0.2) is 0 Å². The molecule has 2 aromatic rings. The first kappa shape index (κ1) is 15.8. The lowest BCUT2D eigenvalue weighted by Crippen LogP contribution is -2.21. The van der Waals surface area contributed by atoms with Crippen molar-refractivity contribution in [1.82, 2.24) is 0 Å². The van der Waals surface area contributed by atoms with Gasteiger partial charge in [0, 0.05) is 12.0 Å². The van der Waals surface area contributed by atoms with E-state index in [4.69, 9.17) is 30.5 Å².